The maximum atomic E-state index is 10.9. The number of unbranched alkanes of at least 4 members (excludes halogenated alkanes) is 1. The highest BCUT2D eigenvalue weighted by Crippen LogP contribution is 2.37. The van der Waals surface area contributed by atoms with E-state index in [0.717, 1.165) is 69.6 Å². The fourth-order valence-electron chi connectivity index (χ4n) is 5.41. The van der Waals surface area contributed by atoms with Gasteiger partial charge in [-0.3, -0.25) is 4.79 Å². The lowest BCUT2D eigenvalue weighted by atomic mass is 9.79. The molecule has 0 radical (unpaired) electrons. The summed E-state index contributed by atoms with van der Waals surface area (Å²) < 4.78 is 0. The van der Waals surface area contributed by atoms with E-state index in [1.54, 1.807) is 12.5 Å². The summed E-state index contributed by atoms with van der Waals surface area (Å²) >= 11 is 0. The average Bonchev–Trinajstić information content (AvgIpc) is 2.73. The molecule has 0 aliphatic heterocycles. The molecule has 1 rings (SSSR count). The molecule has 34 heavy (non-hydrogen) atoms. The Morgan fingerprint density at radius 2 is 1.62 bits per heavy atom. The minimum Gasteiger partial charge on any atom is -0.481 e. The van der Waals surface area contributed by atoms with Crippen LogP contribution < -0.4 is 0 Å². The highest BCUT2D eigenvalue weighted by atomic mass is 31.0. The number of carboxylic acids is 1. The van der Waals surface area contributed by atoms with E-state index in [4.69, 9.17) is 5.11 Å². The van der Waals surface area contributed by atoms with Crippen LogP contribution in [-0.4, -0.2) is 27.4 Å². The highest BCUT2D eigenvalue weighted by molar-refractivity contribution is 7.18. The fraction of sp³-hybridized carbons (Fsp3) is 0.900. The lowest BCUT2D eigenvalue weighted by Crippen LogP contribution is -2.25. The van der Waals surface area contributed by atoms with E-state index in [1.165, 1.54) is 25.7 Å². The Bertz CT molecular complexity index is 625. The van der Waals surface area contributed by atoms with E-state index >= 15 is 0 Å². The van der Waals surface area contributed by atoms with Crippen LogP contribution in [0, 0.1) is 29.1 Å². The molecule has 1 aliphatic carbocycles. The van der Waals surface area contributed by atoms with Crippen molar-refractivity contribution in [3.8, 4) is 0 Å². The zero-order valence-electron chi connectivity index (χ0n) is 23.5. The van der Waals surface area contributed by atoms with Crippen molar-refractivity contribution < 1.29 is 15.0 Å². The Kier molecular flexibility index (Phi) is 13.9. The van der Waals surface area contributed by atoms with Crippen LogP contribution in [0.25, 0.3) is 0 Å². The average molecular weight is 497 g/mol. The largest absolute Gasteiger partial charge is 0.481 e. The molecule has 0 heterocycles. The molecule has 2 N–H and O–H groups in total. The van der Waals surface area contributed by atoms with Crippen molar-refractivity contribution in [2.45, 2.75) is 143 Å². The smallest absolute Gasteiger partial charge is 0.306 e. The molecule has 0 saturated carbocycles. The zero-order valence-corrected chi connectivity index (χ0v) is 24.7. The van der Waals surface area contributed by atoms with E-state index in [9.17, 15) is 9.90 Å². The Morgan fingerprint density at radius 3 is 2.26 bits per heavy atom. The van der Waals surface area contributed by atoms with E-state index in [1.807, 2.05) is 6.92 Å². The van der Waals surface area contributed by atoms with Gasteiger partial charge in [-0.25, -0.2) is 0 Å². The van der Waals surface area contributed by atoms with Gasteiger partial charge in [0.05, 0.1) is 11.5 Å². The van der Waals surface area contributed by atoms with Crippen molar-refractivity contribution in [3.05, 3.63) is 11.6 Å². The maximum absolute atomic E-state index is 10.9. The fourth-order valence-corrected chi connectivity index (χ4v) is 6.09. The zero-order chi connectivity index (χ0) is 25.9. The normalized spacial score (nSPS) is 24.9. The topological polar surface area (TPSA) is 57.5 Å². The molecule has 0 aromatic heterocycles. The van der Waals surface area contributed by atoms with Gasteiger partial charge in [-0.1, -0.05) is 85.3 Å². The van der Waals surface area contributed by atoms with Gasteiger partial charge in [0.15, 0.2) is 0 Å². The SMILES string of the molecule is CC(CCCC(C)(O)CCCC(C)(C)CCCCC(C)C(=O)O)CCC1=CCC(C)C(C)C1P. The van der Waals surface area contributed by atoms with Gasteiger partial charge in [-0.05, 0) is 87.1 Å². The summed E-state index contributed by atoms with van der Waals surface area (Å²) in [5.74, 6) is 1.35. The molecule has 0 spiro atoms. The van der Waals surface area contributed by atoms with E-state index < -0.39 is 11.6 Å². The molecule has 7 atom stereocenters. The number of rotatable bonds is 17. The first-order valence-electron chi connectivity index (χ1n) is 14.1. The van der Waals surface area contributed by atoms with Crippen molar-refractivity contribution in [3.63, 3.8) is 0 Å². The summed E-state index contributed by atoms with van der Waals surface area (Å²) in [7, 11) is 3.09. The first-order chi connectivity index (χ1) is 15.7. The van der Waals surface area contributed by atoms with E-state index in [0.29, 0.717) is 11.6 Å². The Morgan fingerprint density at radius 1 is 1.00 bits per heavy atom. The minimum absolute atomic E-state index is 0.236. The third-order valence-electron chi connectivity index (χ3n) is 8.71. The van der Waals surface area contributed by atoms with Gasteiger partial charge in [-0.2, -0.15) is 0 Å². The number of carbonyl (C=O) groups is 1. The predicted octanol–water partition coefficient (Wildman–Crippen LogP) is 8.65. The quantitative estimate of drug-likeness (QED) is 0.120. The monoisotopic (exact) mass is 496 g/mol. The third kappa shape index (κ3) is 12.5. The Labute approximate surface area is 214 Å². The lowest BCUT2D eigenvalue weighted by Gasteiger charge is -2.33. The summed E-state index contributed by atoms with van der Waals surface area (Å²) in [6, 6.07) is 0. The first kappa shape index (κ1) is 31.6. The van der Waals surface area contributed by atoms with Crippen LogP contribution in [0.4, 0.5) is 0 Å². The molecule has 0 aromatic rings. The Balaban J connectivity index is 2.22. The van der Waals surface area contributed by atoms with E-state index in [-0.39, 0.29) is 11.3 Å². The molecule has 0 bridgehead atoms. The minimum atomic E-state index is -0.685. The molecule has 0 aromatic carbocycles. The molecule has 0 fully saturated rings. The van der Waals surface area contributed by atoms with Gasteiger partial charge in [0, 0.05) is 0 Å². The number of carboxylic acid groups (broad SMARTS) is 1. The molecule has 1 aliphatic rings. The number of aliphatic hydroxyl groups is 1. The van der Waals surface area contributed by atoms with E-state index in [2.05, 4.69) is 49.9 Å². The molecule has 4 heteroatoms. The second kappa shape index (κ2) is 15.0. The van der Waals surface area contributed by atoms with Crippen molar-refractivity contribution in [1.29, 1.82) is 0 Å². The van der Waals surface area contributed by atoms with Crippen LogP contribution in [0.1, 0.15) is 132 Å². The van der Waals surface area contributed by atoms with Gasteiger partial charge in [0.25, 0.3) is 0 Å². The van der Waals surface area contributed by atoms with Crippen LogP contribution in [0.15, 0.2) is 11.6 Å². The van der Waals surface area contributed by atoms with Gasteiger partial charge in [0.1, 0.15) is 0 Å². The summed E-state index contributed by atoms with van der Waals surface area (Å²) in [6.45, 7) is 15.6. The second-order valence-electron chi connectivity index (χ2n) is 12.9. The third-order valence-corrected chi connectivity index (χ3v) is 9.75. The van der Waals surface area contributed by atoms with Gasteiger partial charge in [0.2, 0.25) is 0 Å². The summed E-state index contributed by atoms with van der Waals surface area (Å²) in [5, 5.41) is 19.9. The molecule has 200 valence electrons. The first-order valence-corrected chi connectivity index (χ1v) is 14.8. The van der Waals surface area contributed by atoms with Crippen LogP contribution in [0.2, 0.25) is 0 Å². The predicted molar refractivity (Wildman–Crippen MR) is 150 cm³/mol. The molecule has 7 unspecified atom stereocenters. The molecular weight excluding hydrogens is 439 g/mol. The highest BCUT2D eigenvalue weighted by Gasteiger charge is 2.26. The van der Waals surface area contributed by atoms with Crippen LogP contribution >= 0.6 is 9.24 Å². The molecule has 0 saturated heterocycles. The summed E-state index contributed by atoms with van der Waals surface area (Å²) in [4.78, 5) is 10.9. The molecular formula is C30H57O3P. The van der Waals surface area contributed by atoms with Crippen LogP contribution in [0.5, 0.6) is 0 Å². The van der Waals surface area contributed by atoms with Crippen LogP contribution in [0.3, 0.4) is 0 Å². The molecule has 3 nitrogen and oxygen atoms in total. The van der Waals surface area contributed by atoms with Crippen molar-refractivity contribution in [1.82, 2.24) is 0 Å². The lowest BCUT2D eigenvalue weighted by molar-refractivity contribution is -0.141. The summed E-state index contributed by atoms with van der Waals surface area (Å²) in [6.07, 6.45) is 16.5. The van der Waals surface area contributed by atoms with Gasteiger partial charge in [-0.15, -0.1) is 9.24 Å². The number of hydrogen-bond acceptors (Lipinski definition) is 2. The second-order valence-corrected chi connectivity index (χ2v) is 13.6. The van der Waals surface area contributed by atoms with Crippen molar-refractivity contribution in [2.24, 2.45) is 29.1 Å². The van der Waals surface area contributed by atoms with Crippen LogP contribution in [-0.2, 0) is 4.79 Å². The number of aliphatic carboxylic acids is 1. The van der Waals surface area contributed by atoms with Crippen molar-refractivity contribution in [2.75, 3.05) is 0 Å². The Hall–Kier alpha value is -0.400. The number of hydrogen-bond donors (Lipinski definition) is 2. The maximum Gasteiger partial charge on any atom is 0.306 e. The standard InChI is InChI=1S/C30H57O3P/c1-22(14-16-26-17-15-23(2)25(4)27(26)34)12-10-20-30(7,33)21-11-19-29(5,6)18-9-8-13-24(3)28(31)32/h17,22-25,27,33H,8-16,18-21,34H2,1-7H3,(H,31,32). The van der Waals surface area contributed by atoms with Crippen molar-refractivity contribution >= 4 is 15.2 Å². The molecule has 0 amide bonds. The summed E-state index contributed by atoms with van der Waals surface area (Å²) in [5.41, 5.74) is 1.99. The number of allylic oxidation sites excluding steroid dienone is 2. The van der Waals surface area contributed by atoms with Gasteiger partial charge < -0.3 is 10.2 Å². The van der Waals surface area contributed by atoms with Gasteiger partial charge >= 0.3 is 5.97 Å².